The fourth-order valence-electron chi connectivity index (χ4n) is 5.54. The molecule has 0 atom stereocenters. The van der Waals surface area contributed by atoms with Crippen LogP contribution in [-0.2, 0) is 0 Å². The molecule has 2 nitrogen and oxygen atoms in total. The summed E-state index contributed by atoms with van der Waals surface area (Å²) < 4.78 is 0. The van der Waals surface area contributed by atoms with Crippen LogP contribution in [0, 0.1) is 10.8 Å². The molecule has 1 aromatic carbocycles. The van der Waals surface area contributed by atoms with Crippen molar-refractivity contribution in [2.24, 2.45) is 10.8 Å². The van der Waals surface area contributed by atoms with E-state index in [1.165, 1.54) is 24.9 Å². The molecular formula is C23H37ClN2. The molecule has 3 heteroatoms. The second-order valence-electron chi connectivity index (χ2n) is 9.75. The molecule has 1 saturated carbocycles. The Balaban J connectivity index is 0.00000243. The molecule has 1 heterocycles. The molecule has 0 spiro atoms. The third-order valence-electron chi connectivity index (χ3n) is 6.03. The summed E-state index contributed by atoms with van der Waals surface area (Å²) in [5.41, 5.74) is 3.93. The third-order valence-corrected chi connectivity index (χ3v) is 6.03. The number of benzene rings is 1. The SMILES string of the molecule is C=CCN1CCN(c2ccccc2C2CC(C)(C)CC(C)(C)C2)CC1.Cl. The first-order chi connectivity index (χ1) is 11.8. The summed E-state index contributed by atoms with van der Waals surface area (Å²) in [6.45, 7) is 19.3. The van der Waals surface area contributed by atoms with Crippen molar-refractivity contribution in [2.45, 2.75) is 52.9 Å². The van der Waals surface area contributed by atoms with E-state index in [-0.39, 0.29) is 12.4 Å². The molecule has 0 N–H and O–H groups in total. The summed E-state index contributed by atoms with van der Waals surface area (Å²) in [6, 6.07) is 9.20. The molecule has 26 heavy (non-hydrogen) atoms. The number of hydrogen-bond donors (Lipinski definition) is 0. The zero-order valence-electron chi connectivity index (χ0n) is 17.1. The lowest BCUT2D eigenvalue weighted by molar-refractivity contribution is 0.0970. The van der Waals surface area contributed by atoms with Gasteiger partial charge >= 0.3 is 0 Å². The van der Waals surface area contributed by atoms with Crippen LogP contribution in [0.1, 0.15) is 58.4 Å². The molecule has 0 radical (unpaired) electrons. The quantitative estimate of drug-likeness (QED) is 0.618. The Hall–Kier alpha value is -0.990. The average Bonchev–Trinajstić information content (AvgIpc) is 2.53. The van der Waals surface area contributed by atoms with E-state index in [4.69, 9.17) is 0 Å². The number of halogens is 1. The van der Waals surface area contributed by atoms with Gasteiger partial charge in [-0.25, -0.2) is 0 Å². The number of hydrogen-bond acceptors (Lipinski definition) is 2. The largest absolute Gasteiger partial charge is 0.369 e. The van der Waals surface area contributed by atoms with E-state index in [0.29, 0.717) is 16.7 Å². The minimum absolute atomic E-state index is 0. The summed E-state index contributed by atoms with van der Waals surface area (Å²) in [4.78, 5) is 5.11. The van der Waals surface area contributed by atoms with Gasteiger partial charge in [0.05, 0.1) is 0 Å². The van der Waals surface area contributed by atoms with Gasteiger partial charge in [-0.15, -0.1) is 19.0 Å². The minimum Gasteiger partial charge on any atom is -0.369 e. The van der Waals surface area contributed by atoms with Crippen molar-refractivity contribution < 1.29 is 0 Å². The van der Waals surface area contributed by atoms with Crippen LogP contribution >= 0.6 is 12.4 Å². The summed E-state index contributed by atoms with van der Waals surface area (Å²) >= 11 is 0. The van der Waals surface area contributed by atoms with Crippen molar-refractivity contribution in [1.29, 1.82) is 0 Å². The van der Waals surface area contributed by atoms with Gasteiger partial charge in [-0.05, 0) is 47.6 Å². The minimum atomic E-state index is 0. The average molecular weight is 377 g/mol. The number of anilines is 1. The Kier molecular flexibility index (Phi) is 6.85. The highest BCUT2D eigenvalue weighted by Gasteiger charge is 2.39. The van der Waals surface area contributed by atoms with Crippen LogP contribution in [0.15, 0.2) is 36.9 Å². The van der Waals surface area contributed by atoms with E-state index in [1.54, 1.807) is 5.56 Å². The van der Waals surface area contributed by atoms with Crippen LogP contribution in [0.4, 0.5) is 5.69 Å². The van der Waals surface area contributed by atoms with Gasteiger partial charge in [-0.1, -0.05) is 52.0 Å². The lowest BCUT2D eigenvalue weighted by Gasteiger charge is -2.46. The van der Waals surface area contributed by atoms with E-state index in [1.807, 2.05) is 6.08 Å². The van der Waals surface area contributed by atoms with Crippen molar-refractivity contribution in [3.8, 4) is 0 Å². The topological polar surface area (TPSA) is 6.48 Å². The Morgan fingerprint density at radius 1 is 1.00 bits per heavy atom. The van der Waals surface area contributed by atoms with Crippen LogP contribution in [-0.4, -0.2) is 37.6 Å². The van der Waals surface area contributed by atoms with Crippen molar-refractivity contribution in [2.75, 3.05) is 37.6 Å². The summed E-state index contributed by atoms with van der Waals surface area (Å²) in [5, 5.41) is 0. The third kappa shape index (κ3) is 5.04. The van der Waals surface area contributed by atoms with Crippen molar-refractivity contribution in [1.82, 2.24) is 4.90 Å². The fourth-order valence-corrected chi connectivity index (χ4v) is 5.54. The molecular weight excluding hydrogens is 340 g/mol. The van der Waals surface area contributed by atoms with Gasteiger partial charge in [0.1, 0.15) is 0 Å². The lowest BCUT2D eigenvalue weighted by atomic mass is 9.60. The highest BCUT2D eigenvalue weighted by Crippen LogP contribution is 2.53. The van der Waals surface area contributed by atoms with Crippen molar-refractivity contribution in [3.63, 3.8) is 0 Å². The maximum atomic E-state index is 3.88. The Labute approximate surface area is 167 Å². The molecule has 1 saturated heterocycles. The summed E-state index contributed by atoms with van der Waals surface area (Å²) in [5.74, 6) is 0.682. The maximum absolute atomic E-state index is 3.88. The van der Waals surface area contributed by atoms with E-state index >= 15 is 0 Å². The first-order valence-electron chi connectivity index (χ1n) is 9.97. The number of rotatable bonds is 4. The van der Waals surface area contributed by atoms with Gasteiger partial charge in [-0.3, -0.25) is 4.90 Å². The highest BCUT2D eigenvalue weighted by atomic mass is 35.5. The van der Waals surface area contributed by atoms with Crippen LogP contribution in [0.25, 0.3) is 0 Å². The maximum Gasteiger partial charge on any atom is 0.0402 e. The molecule has 1 aliphatic heterocycles. The van der Waals surface area contributed by atoms with Crippen LogP contribution in [0.5, 0.6) is 0 Å². The molecule has 0 aromatic heterocycles. The first kappa shape index (κ1) is 21.3. The van der Waals surface area contributed by atoms with Gasteiger partial charge in [0.15, 0.2) is 0 Å². The molecule has 0 amide bonds. The van der Waals surface area contributed by atoms with Crippen molar-refractivity contribution in [3.05, 3.63) is 42.5 Å². The second kappa shape index (κ2) is 8.35. The zero-order chi connectivity index (χ0) is 18.1. The van der Waals surface area contributed by atoms with Gasteiger partial charge in [-0.2, -0.15) is 0 Å². The number of piperazine rings is 1. The Morgan fingerprint density at radius 2 is 1.58 bits per heavy atom. The monoisotopic (exact) mass is 376 g/mol. The molecule has 3 rings (SSSR count). The fraction of sp³-hybridized carbons (Fsp3) is 0.652. The number of para-hydroxylation sites is 1. The van der Waals surface area contributed by atoms with Gasteiger partial charge in [0.2, 0.25) is 0 Å². The molecule has 1 aliphatic carbocycles. The molecule has 2 aliphatic rings. The Morgan fingerprint density at radius 3 is 2.15 bits per heavy atom. The molecule has 1 aromatic rings. The van der Waals surface area contributed by atoms with E-state index in [9.17, 15) is 0 Å². The highest BCUT2D eigenvalue weighted by molar-refractivity contribution is 5.85. The molecule has 0 bridgehead atoms. The summed E-state index contributed by atoms with van der Waals surface area (Å²) in [7, 11) is 0. The Bertz CT molecular complexity index is 584. The van der Waals surface area contributed by atoms with Gasteiger partial charge in [0.25, 0.3) is 0 Å². The normalized spacial score (nSPS) is 23.3. The zero-order valence-corrected chi connectivity index (χ0v) is 17.9. The standard InChI is InChI=1S/C23H36N2.ClH/c1-6-11-24-12-14-25(15-13-24)21-10-8-7-9-20(21)19-16-22(2,3)18-23(4,5)17-19;/h6-10,19H,1,11-18H2,2-5H3;1H. The smallest absolute Gasteiger partial charge is 0.0402 e. The van der Waals surface area contributed by atoms with Crippen LogP contribution < -0.4 is 4.90 Å². The molecule has 2 fully saturated rings. The molecule has 0 unspecified atom stereocenters. The van der Waals surface area contributed by atoms with E-state index in [0.717, 1.165) is 32.7 Å². The predicted octanol–water partition coefficient (Wildman–Crippen LogP) is 5.74. The molecule has 146 valence electrons. The van der Waals surface area contributed by atoms with Crippen molar-refractivity contribution >= 4 is 18.1 Å². The summed E-state index contributed by atoms with van der Waals surface area (Å²) in [6.07, 6.45) is 5.97. The van der Waals surface area contributed by atoms with Gasteiger partial charge in [0, 0.05) is 38.4 Å². The second-order valence-corrected chi connectivity index (χ2v) is 9.75. The lowest BCUT2D eigenvalue weighted by Crippen LogP contribution is -2.46. The van der Waals surface area contributed by atoms with E-state index < -0.39 is 0 Å². The van der Waals surface area contributed by atoms with Crippen LogP contribution in [0.3, 0.4) is 0 Å². The first-order valence-corrected chi connectivity index (χ1v) is 9.97. The van der Waals surface area contributed by atoms with Gasteiger partial charge < -0.3 is 4.90 Å². The van der Waals surface area contributed by atoms with E-state index in [2.05, 4.69) is 68.3 Å². The predicted molar refractivity (Wildman–Crippen MR) is 117 cm³/mol. The number of nitrogens with zero attached hydrogens (tertiary/aromatic N) is 2. The van der Waals surface area contributed by atoms with Crippen LogP contribution in [0.2, 0.25) is 0 Å².